The third-order valence-corrected chi connectivity index (χ3v) is 6.71. The molecule has 10 nitrogen and oxygen atoms in total. The number of amides is 1. The summed E-state index contributed by atoms with van der Waals surface area (Å²) in [6, 6.07) is 17.7. The minimum absolute atomic E-state index is 0.0192. The highest BCUT2D eigenvalue weighted by atomic mass is 32.2. The number of nitro groups is 1. The third-order valence-electron chi connectivity index (χ3n) is 4.91. The monoisotopic (exact) mass is 483 g/mol. The van der Waals surface area contributed by atoms with Gasteiger partial charge in [0.15, 0.2) is 6.61 Å². The fraction of sp³-hybridized carbons (Fsp3) is 0.130. The van der Waals surface area contributed by atoms with Gasteiger partial charge in [-0.3, -0.25) is 19.2 Å². The average Bonchev–Trinajstić information content (AvgIpc) is 2.83. The molecule has 0 heterocycles. The summed E-state index contributed by atoms with van der Waals surface area (Å²) in [6.07, 6.45) is 0. The second-order valence-electron chi connectivity index (χ2n) is 7.21. The molecular formula is C23H21N3O7S. The molecule has 0 radical (unpaired) electrons. The van der Waals surface area contributed by atoms with Gasteiger partial charge in [-0.25, -0.2) is 13.2 Å². The Bertz CT molecular complexity index is 1320. The number of anilines is 2. The molecule has 3 aromatic carbocycles. The lowest BCUT2D eigenvalue weighted by Gasteiger charge is -2.19. The van der Waals surface area contributed by atoms with Crippen LogP contribution < -0.4 is 9.62 Å². The number of carbonyl (C=O) groups excluding carboxylic acids is 2. The van der Waals surface area contributed by atoms with Crippen LogP contribution in [0, 0.1) is 17.0 Å². The van der Waals surface area contributed by atoms with Gasteiger partial charge in [0.05, 0.1) is 26.8 Å². The van der Waals surface area contributed by atoms with Crippen molar-refractivity contribution in [1.29, 1.82) is 0 Å². The van der Waals surface area contributed by atoms with E-state index in [9.17, 15) is 28.1 Å². The van der Waals surface area contributed by atoms with E-state index >= 15 is 0 Å². The number of carbonyl (C=O) groups is 2. The first-order valence-corrected chi connectivity index (χ1v) is 11.4. The van der Waals surface area contributed by atoms with Crippen molar-refractivity contribution in [1.82, 2.24) is 0 Å². The Hall–Kier alpha value is -4.25. The highest BCUT2D eigenvalue weighted by Crippen LogP contribution is 2.23. The van der Waals surface area contributed by atoms with E-state index in [1.165, 1.54) is 49.5 Å². The zero-order valence-corrected chi connectivity index (χ0v) is 19.1. The van der Waals surface area contributed by atoms with Gasteiger partial charge in [0.25, 0.3) is 21.6 Å². The number of nitro benzene ring substituents is 1. The zero-order valence-electron chi connectivity index (χ0n) is 18.3. The lowest BCUT2D eigenvalue weighted by atomic mass is 10.2. The van der Waals surface area contributed by atoms with Gasteiger partial charge in [-0.05, 0) is 48.9 Å². The number of para-hydroxylation sites is 1. The van der Waals surface area contributed by atoms with E-state index in [1.807, 2.05) is 0 Å². The van der Waals surface area contributed by atoms with Crippen molar-refractivity contribution in [2.45, 2.75) is 11.8 Å². The van der Waals surface area contributed by atoms with Gasteiger partial charge in [0.2, 0.25) is 0 Å². The van der Waals surface area contributed by atoms with Crippen molar-refractivity contribution < 1.29 is 27.7 Å². The lowest BCUT2D eigenvalue weighted by molar-refractivity contribution is -0.384. The maximum Gasteiger partial charge on any atom is 0.338 e. The molecule has 0 saturated heterocycles. The van der Waals surface area contributed by atoms with E-state index in [1.54, 1.807) is 37.3 Å². The predicted octanol–water partition coefficient (Wildman–Crippen LogP) is 3.52. The van der Waals surface area contributed by atoms with Crippen molar-refractivity contribution in [3.05, 3.63) is 94.0 Å². The summed E-state index contributed by atoms with van der Waals surface area (Å²) >= 11 is 0. The molecule has 3 rings (SSSR count). The van der Waals surface area contributed by atoms with E-state index in [2.05, 4.69) is 5.32 Å². The molecule has 0 bridgehead atoms. The summed E-state index contributed by atoms with van der Waals surface area (Å²) in [5, 5.41) is 13.4. The van der Waals surface area contributed by atoms with Crippen LogP contribution in [0.1, 0.15) is 15.9 Å². The number of rotatable bonds is 8. The second-order valence-corrected chi connectivity index (χ2v) is 9.18. The molecular weight excluding hydrogens is 462 g/mol. The molecule has 1 N–H and O–H groups in total. The third kappa shape index (κ3) is 5.56. The Morgan fingerprint density at radius 2 is 1.68 bits per heavy atom. The minimum Gasteiger partial charge on any atom is -0.452 e. The fourth-order valence-electron chi connectivity index (χ4n) is 2.96. The molecule has 0 fully saturated rings. The number of sulfonamides is 1. The van der Waals surface area contributed by atoms with E-state index < -0.39 is 33.4 Å². The molecule has 34 heavy (non-hydrogen) atoms. The molecule has 0 aliphatic carbocycles. The van der Waals surface area contributed by atoms with Crippen LogP contribution in [0.25, 0.3) is 0 Å². The number of esters is 1. The number of non-ortho nitro benzene ring substituents is 1. The minimum atomic E-state index is -3.84. The Balaban J connectivity index is 1.62. The van der Waals surface area contributed by atoms with E-state index in [4.69, 9.17) is 4.74 Å². The predicted molar refractivity (Wildman–Crippen MR) is 125 cm³/mol. The number of aryl methyl sites for hydroxylation is 1. The summed E-state index contributed by atoms with van der Waals surface area (Å²) < 4.78 is 31.7. The number of hydrogen-bond donors (Lipinski definition) is 1. The van der Waals surface area contributed by atoms with Crippen molar-refractivity contribution in [3.63, 3.8) is 0 Å². The normalized spacial score (nSPS) is 10.9. The SMILES string of the molecule is Cc1ccc([N+](=O)[O-])cc1NC(=O)COC(=O)c1ccc(S(=O)(=O)N(C)c2ccccc2)cc1. The smallest absolute Gasteiger partial charge is 0.338 e. The van der Waals surface area contributed by atoms with Crippen LogP contribution in [0.15, 0.2) is 77.7 Å². The summed E-state index contributed by atoms with van der Waals surface area (Å²) in [5.74, 6) is -1.51. The molecule has 0 aliphatic heterocycles. The van der Waals surface area contributed by atoms with Gasteiger partial charge in [0.1, 0.15) is 0 Å². The summed E-state index contributed by atoms with van der Waals surface area (Å²) in [6.45, 7) is 1.04. The Morgan fingerprint density at radius 3 is 2.29 bits per heavy atom. The highest BCUT2D eigenvalue weighted by Gasteiger charge is 2.22. The standard InChI is InChI=1S/C23H21N3O7S/c1-16-8-11-19(26(29)30)14-21(16)24-22(27)15-33-23(28)17-9-12-20(13-10-17)34(31,32)25(2)18-6-4-3-5-7-18/h3-14H,15H2,1-2H3,(H,24,27). The lowest BCUT2D eigenvalue weighted by Crippen LogP contribution is -2.26. The van der Waals surface area contributed by atoms with Gasteiger partial charge in [-0.15, -0.1) is 0 Å². The van der Waals surface area contributed by atoms with Gasteiger partial charge >= 0.3 is 5.97 Å². The average molecular weight is 484 g/mol. The molecule has 0 spiro atoms. The van der Waals surface area contributed by atoms with Gasteiger partial charge < -0.3 is 10.1 Å². The van der Waals surface area contributed by atoms with Crippen LogP contribution >= 0.6 is 0 Å². The van der Waals surface area contributed by atoms with Crippen LogP contribution in [0.3, 0.4) is 0 Å². The van der Waals surface area contributed by atoms with Gasteiger partial charge in [0, 0.05) is 19.2 Å². The zero-order chi connectivity index (χ0) is 24.9. The van der Waals surface area contributed by atoms with Crippen molar-refractivity contribution in [3.8, 4) is 0 Å². The molecule has 0 saturated carbocycles. The van der Waals surface area contributed by atoms with Crippen molar-refractivity contribution in [2.75, 3.05) is 23.3 Å². The molecule has 0 atom stereocenters. The highest BCUT2D eigenvalue weighted by molar-refractivity contribution is 7.92. The van der Waals surface area contributed by atoms with Crippen LogP contribution in [0.2, 0.25) is 0 Å². The van der Waals surface area contributed by atoms with E-state index in [-0.39, 0.29) is 21.8 Å². The maximum absolute atomic E-state index is 12.8. The fourth-order valence-corrected chi connectivity index (χ4v) is 4.15. The molecule has 176 valence electrons. The Morgan fingerprint density at radius 1 is 1.03 bits per heavy atom. The largest absolute Gasteiger partial charge is 0.452 e. The van der Waals surface area contributed by atoms with E-state index in [0.717, 1.165) is 4.31 Å². The van der Waals surface area contributed by atoms with Crippen LogP contribution in [-0.2, 0) is 19.6 Å². The summed E-state index contributed by atoms with van der Waals surface area (Å²) in [5.41, 5.74) is 1.18. The van der Waals surface area contributed by atoms with Gasteiger partial charge in [-0.1, -0.05) is 24.3 Å². The molecule has 0 aromatic heterocycles. The number of nitrogens with one attached hydrogen (secondary N) is 1. The van der Waals surface area contributed by atoms with Crippen molar-refractivity contribution >= 4 is 39.0 Å². The number of benzene rings is 3. The molecule has 3 aromatic rings. The van der Waals surface area contributed by atoms with Crippen LogP contribution in [0.5, 0.6) is 0 Å². The van der Waals surface area contributed by atoms with Crippen LogP contribution in [-0.4, -0.2) is 38.9 Å². The number of ether oxygens (including phenoxy) is 1. The summed E-state index contributed by atoms with van der Waals surface area (Å²) in [7, 11) is -2.41. The van der Waals surface area contributed by atoms with Crippen molar-refractivity contribution in [2.24, 2.45) is 0 Å². The van der Waals surface area contributed by atoms with Crippen LogP contribution in [0.4, 0.5) is 17.1 Å². The number of hydrogen-bond acceptors (Lipinski definition) is 7. The number of nitrogens with zero attached hydrogens (tertiary/aromatic N) is 2. The summed E-state index contributed by atoms with van der Waals surface area (Å²) in [4.78, 5) is 34.7. The topological polar surface area (TPSA) is 136 Å². The molecule has 11 heteroatoms. The quantitative estimate of drug-likeness (QED) is 0.294. The Kier molecular flexibility index (Phi) is 7.27. The molecule has 0 aliphatic rings. The first kappa shape index (κ1) is 24.4. The first-order chi connectivity index (χ1) is 16.1. The maximum atomic E-state index is 12.8. The first-order valence-electron chi connectivity index (χ1n) is 9.95. The molecule has 0 unspecified atom stereocenters. The Labute approximate surface area is 196 Å². The van der Waals surface area contributed by atoms with Gasteiger partial charge in [-0.2, -0.15) is 0 Å². The van der Waals surface area contributed by atoms with E-state index in [0.29, 0.717) is 11.3 Å². The molecule has 1 amide bonds. The second kappa shape index (κ2) is 10.1.